The number of carbonyl (C=O) groups excluding carboxylic acids is 1. The maximum atomic E-state index is 12.0. The summed E-state index contributed by atoms with van der Waals surface area (Å²) in [6, 6.07) is 3.22. The van der Waals surface area contributed by atoms with Crippen LogP contribution in [0.5, 0.6) is 11.5 Å². The Balaban J connectivity index is 0.00000441. The molecule has 126 valence electrons. The number of benzene rings is 1. The molecule has 0 heterocycles. The van der Waals surface area contributed by atoms with Gasteiger partial charge in [-0.05, 0) is 25.5 Å². The molecule has 0 spiro atoms. The van der Waals surface area contributed by atoms with Crippen molar-refractivity contribution in [3.63, 3.8) is 0 Å². The highest BCUT2D eigenvalue weighted by Crippen LogP contribution is 2.36. The fraction of sp³-hybridized carbons (Fsp3) is 0.533. The molecular formula is C15H24Cl2N2O3. The lowest BCUT2D eigenvalue weighted by molar-refractivity contribution is 0.0954. The van der Waals surface area contributed by atoms with E-state index in [0.29, 0.717) is 48.4 Å². The van der Waals surface area contributed by atoms with E-state index in [1.165, 1.54) is 0 Å². The topological polar surface area (TPSA) is 73.6 Å². The lowest BCUT2D eigenvalue weighted by Crippen LogP contribution is -2.29. The van der Waals surface area contributed by atoms with Crippen molar-refractivity contribution in [2.75, 3.05) is 26.3 Å². The molecule has 1 aromatic carbocycles. The molecule has 0 aliphatic heterocycles. The maximum absolute atomic E-state index is 12.0. The standard InChI is InChI=1S/C15H23ClN2O3.ClH/c1-3-5-8-21-14-12(16)9-11(10-13(14)20-4-2)15(19)18-7-6-17;/h9-10H,3-8,17H2,1-2H3,(H,18,19);1H. The number of amides is 1. The van der Waals surface area contributed by atoms with Crippen LogP contribution in [0, 0.1) is 0 Å². The number of halogens is 2. The van der Waals surface area contributed by atoms with Gasteiger partial charge in [-0.15, -0.1) is 12.4 Å². The number of hydrogen-bond donors (Lipinski definition) is 2. The summed E-state index contributed by atoms with van der Waals surface area (Å²) in [6.45, 7) is 5.78. The lowest BCUT2D eigenvalue weighted by atomic mass is 10.2. The van der Waals surface area contributed by atoms with E-state index in [9.17, 15) is 4.79 Å². The Morgan fingerprint density at radius 3 is 2.64 bits per heavy atom. The zero-order valence-corrected chi connectivity index (χ0v) is 14.6. The van der Waals surface area contributed by atoms with Crippen molar-refractivity contribution in [2.24, 2.45) is 5.73 Å². The number of hydrogen-bond acceptors (Lipinski definition) is 4. The Bertz CT molecular complexity index is 470. The molecule has 3 N–H and O–H groups in total. The quantitative estimate of drug-likeness (QED) is 0.671. The first-order valence-corrected chi connectivity index (χ1v) is 7.59. The van der Waals surface area contributed by atoms with Gasteiger partial charge in [0.05, 0.1) is 18.2 Å². The number of carbonyl (C=O) groups is 1. The molecule has 1 rings (SSSR count). The molecular weight excluding hydrogens is 327 g/mol. The van der Waals surface area contributed by atoms with Crippen LogP contribution in [0.2, 0.25) is 5.02 Å². The van der Waals surface area contributed by atoms with Gasteiger partial charge in [0.15, 0.2) is 11.5 Å². The van der Waals surface area contributed by atoms with E-state index in [1.54, 1.807) is 12.1 Å². The van der Waals surface area contributed by atoms with Crippen LogP contribution in [0.4, 0.5) is 0 Å². The first kappa shape index (κ1) is 20.8. The average molecular weight is 351 g/mol. The molecule has 0 aliphatic carbocycles. The minimum Gasteiger partial charge on any atom is -0.490 e. The molecule has 0 saturated heterocycles. The van der Waals surface area contributed by atoms with Gasteiger partial charge in [0, 0.05) is 18.7 Å². The summed E-state index contributed by atoms with van der Waals surface area (Å²) in [5.41, 5.74) is 5.80. The highest BCUT2D eigenvalue weighted by atomic mass is 35.5. The molecule has 22 heavy (non-hydrogen) atoms. The van der Waals surface area contributed by atoms with E-state index in [-0.39, 0.29) is 18.3 Å². The van der Waals surface area contributed by atoms with Crippen LogP contribution in [0.15, 0.2) is 12.1 Å². The van der Waals surface area contributed by atoms with Crippen LogP contribution < -0.4 is 20.5 Å². The second-order valence-electron chi connectivity index (χ2n) is 4.46. The molecule has 0 radical (unpaired) electrons. The molecule has 1 aromatic rings. The van der Waals surface area contributed by atoms with Crippen LogP contribution in [0.1, 0.15) is 37.0 Å². The molecule has 0 atom stereocenters. The number of nitrogens with one attached hydrogen (secondary N) is 1. The molecule has 0 saturated carbocycles. The van der Waals surface area contributed by atoms with Gasteiger partial charge >= 0.3 is 0 Å². The number of ether oxygens (including phenoxy) is 2. The summed E-state index contributed by atoms with van der Waals surface area (Å²) in [5, 5.41) is 3.07. The van der Waals surface area contributed by atoms with E-state index >= 15 is 0 Å². The Morgan fingerprint density at radius 1 is 1.32 bits per heavy atom. The fourth-order valence-electron chi connectivity index (χ4n) is 1.71. The molecule has 1 amide bonds. The Hall–Kier alpha value is -1.17. The first-order valence-electron chi connectivity index (χ1n) is 7.21. The third-order valence-electron chi connectivity index (χ3n) is 2.75. The third-order valence-corrected chi connectivity index (χ3v) is 3.03. The predicted molar refractivity (Wildman–Crippen MR) is 91.7 cm³/mol. The van der Waals surface area contributed by atoms with Crippen molar-refractivity contribution >= 4 is 29.9 Å². The molecule has 0 aliphatic rings. The first-order chi connectivity index (χ1) is 10.1. The van der Waals surface area contributed by atoms with Crippen molar-refractivity contribution in [3.8, 4) is 11.5 Å². The number of rotatable bonds is 9. The van der Waals surface area contributed by atoms with Crippen LogP contribution in [0.25, 0.3) is 0 Å². The summed E-state index contributed by atoms with van der Waals surface area (Å²) < 4.78 is 11.2. The van der Waals surface area contributed by atoms with Gasteiger partial charge < -0.3 is 20.5 Å². The third kappa shape index (κ3) is 6.30. The van der Waals surface area contributed by atoms with E-state index < -0.39 is 0 Å². The van der Waals surface area contributed by atoms with Gasteiger partial charge in [0.2, 0.25) is 0 Å². The number of unbranched alkanes of at least 4 members (excludes halogenated alkanes) is 1. The second kappa shape index (κ2) is 11.4. The summed E-state index contributed by atoms with van der Waals surface area (Å²) >= 11 is 6.22. The van der Waals surface area contributed by atoms with Gasteiger partial charge in [0.25, 0.3) is 5.91 Å². The van der Waals surface area contributed by atoms with Crippen LogP contribution in [-0.2, 0) is 0 Å². The zero-order valence-electron chi connectivity index (χ0n) is 13.0. The highest BCUT2D eigenvalue weighted by molar-refractivity contribution is 6.32. The molecule has 0 fully saturated rings. The average Bonchev–Trinajstić information content (AvgIpc) is 2.47. The van der Waals surface area contributed by atoms with E-state index in [2.05, 4.69) is 12.2 Å². The van der Waals surface area contributed by atoms with E-state index in [0.717, 1.165) is 12.8 Å². The van der Waals surface area contributed by atoms with Crippen LogP contribution in [0.3, 0.4) is 0 Å². The normalized spacial score (nSPS) is 9.82. The molecule has 0 bridgehead atoms. The molecule has 7 heteroatoms. The van der Waals surface area contributed by atoms with Gasteiger partial charge in [-0.3, -0.25) is 4.79 Å². The summed E-state index contributed by atoms with van der Waals surface area (Å²) in [6.07, 6.45) is 1.96. The van der Waals surface area contributed by atoms with Crippen molar-refractivity contribution in [1.82, 2.24) is 5.32 Å². The van der Waals surface area contributed by atoms with Crippen LogP contribution in [-0.4, -0.2) is 32.2 Å². The Labute approximate surface area is 142 Å². The van der Waals surface area contributed by atoms with Gasteiger partial charge in [-0.25, -0.2) is 0 Å². The van der Waals surface area contributed by atoms with Crippen molar-refractivity contribution in [1.29, 1.82) is 0 Å². The summed E-state index contributed by atoms with van der Waals surface area (Å²) in [4.78, 5) is 12.0. The second-order valence-corrected chi connectivity index (χ2v) is 4.87. The lowest BCUT2D eigenvalue weighted by Gasteiger charge is -2.15. The van der Waals surface area contributed by atoms with Crippen molar-refractivity contribution in [2.45, 2.75) is 26.7 Å². The van der Waals surface area contributed by atoms with Crippen molar-refractivity contribution in [3.05, 3.63) is 22.7 Å². The zero-order chi connectivity index (χ0) is 15.7. The largest absolute Gasteiger partial charge is 0.490 e. The summed E-state index contributed by atoms with van der Waals surface area (Å²) in [5.74, 6) is 0.741. The molecule has 5 nitrogen and oxygen atoms in total. The molecule has 0 unspecified atom stereocenters. The smallest absolute Gasteiger partial charge is 0.251 e. The SMILES string of the molecule is CCCCOc1c(Cl)cc(C(=O)NCCN)cc1OCC.Cl. The monoisotopic (exact) mass is 350 g/mol. The fourth-order valence-corrected chi connectivity index (χ4v) is 1.97. The van der Waals surface area contributed by atoms with E-state index in [4.69, 9.17) is 26.8 Å². The van der Waals surface area contributed by atoms with Gasteiger partial charge in [-0.2, -0.15) is 0 Å². The van der Waals surface area contributed by atoms with E-state index in [1.807, 2.05) is 6.92 Å². The van der Waals surface area contributed by atoms with Crippen molar-refractivity contribution < 1.29 is 14.3 Å². The predicted octanol–water partition coefficient (Wildman–Crippen LogP) is 3.03. The molecule has 0 aromatic heterocycles. The minimum absolute atomic E-state index is 0. The minimum atomic E-state index is -0.233. The Kier molecular flexibility index (Phi) is 10.8. The van der Waals surface area contributed by atoms with Gasteiger partial charge in [-0.1, -0.05) is 24.9 Å². The highest BCUT2D eigenvalue weighted by Gasteiger charge is 2.16. The maximum Gasteiger partial charge on any atom is 0.251 e. The van der Waals surface area contributed by atoms with Crippen LogP contribution >= 0.6 is 24.0 Å². The summed E-state index contributed by atoms with van der Waals surface area (Å²) in [7, 11) is 0. The number of nitrogens with two attached hydrogens (primary N) is 1. The van der Waals surface area contributed by atoms with Gasteiger partial charge in [0.1, 0.15) is 0 Å². The Morgan fingerprint density at radius 2 is 2.05 bits per heavy atom.